The van der Waals surface area contributed by atoms with Crippen LogP contribution in [0, 0.1) is 5.82 Å². The maximum Gasteiger partial charge on any atom is 0.287 e. The van der Waals surface area contributed by atoms with E-state index < -0.39 is 0 Å². The minimum Gasteiger partial charge on any atom is -0.497 e. The van der Waals surface area contributed by atoms with Crippen molar-refractivity contribution in [2.75, 3.05) is 7.11 Å². The van der Waals surface area contributed by atoms with Crippen molar-refractivity contribution < 1.29 is 18.3 Å². The van der Waals surface area contributed by atoms with E-state index in [1.807, 2.05) is 84.9 Å². The Morgan fingerprint density at radius 2 is 1.44 bits per heavy atom. The Kier molecular flexibility index (Phi) is 9.24. The average molecular weight is 549 g/mol. The molecule has 0 aliphatic rings. The predicted molar refractivity (Wildman–Crippen MR) is 158 cm³/mol. The van der Waals surface area contributed by atoms with E-state index in [1.165, 1.54) is 12.1 Å². The van der Waals surface area contributed by atoms with Gasteiger partial charge in [0.15, 0.2) is 5.76 Å². The molecule has 41 heavy (non-hydrogen) atoms. The molecule has 208 valence electrons. The van der Waals surface area contributed by atoms with Crippen LogP contribution in [-0.4, -0.2) is 17.9 Å². The fourth-order valence-electron chi connectivity index (χ4n) is 4.91. The lowest BCUT2D eigenvalue weighted by Crippen LogP contribution is -2.29. The number of hydrogen-bond acceptors (Lipinski definition) is 4. The van der Waals surface area contributed by atoms with Crippen LogP contribution < -0.4 is 10.1 Å². The number of nitrogens with zero attached hydrogens (tertiary/aromatic N) is 1. The van der Waals surface area contributed by atoms with Gasteiger partial charge in [-0.05, 0) is 65.1 Å². The van der Waals surface area contributed by atoms with E-state index in [4.69, 9.17) is 9.15 Å². The number of rotatable bonds is 12. The van der Waals surface area contributed by atoms with Gasteiger partial charge in [0, 0.05) is 13.1 Å². The number of amides is 1. The van der Waals surface area contributed by atoms with E-state index in [0.717, 1.165) is 28.0 Å². The van der Waals surface area contributed by atoms with E-state index in [2.05, 4.69) is 22.3 Å². The number of carbonyl (C=O) groups excluding carboxylic acids is 1. The number of halogens is 1. The maximum absolute atomic E-state index is 13.9. The summed E-state index contributed by atoms with van der Waals surface area (Å²) in [4.78, 5) is 15.5. The zero-order valence-corrected chi connectivity index (χ0v) is 23.0. The highest BCUT2D eigenvalue weighted by Crippen LogP contribution is 2.22. The smallest absolute Gasteiger partial charge is 0.287 e. The quantitative estimate of drug-likeness (QED) is 0.177. The first-order valence-electron chi connectivity index (χ1n) is 13.6. The van der Waals surface area contributed by atoms with Crippen molar-refractivity contribution in [3.63, 3.8) is 0 Å². The number of nitrogens with one attached hydrogen (secondary N) is 1. The molecule has 0 radical (unpaired) electrons. The Hall–Kier alpha value is -4.68. The molecular weight excluding hydrogens is 515 g/mol. The molecule has 0 spiro atoms. The van der Waals surface area contributed by atoms with Crippen LogP contribution in [0.25, 0.3) is 0 Å². The summed E-state index contributed by atoms with van der Waals surface area (Å²) < 4.78 is 25.4. The first kappa shape index (κ1) is 27.9. The van der Waals surface area contributed by atoms with E-state index in [0.29, 0.717) is 31.8 Å². The molecule has 5 rings (SSSR count). The molecule has 1 amide bonds. The molecule has 1 atom stereocenters. The summed E-state index contributed by atoms with van der Waals surface area (Å²) in [5.41, 5.74) is 4.06. The number of hydrogen-bond donors (Lipinski definition) is 1. The molecule has 1 aromatic heterocycles. The second-order valence-electron chi connectivity index (χ2n) is 10.0. The normalized spacial score (nSPS) is 11.8. The molecule has 0 bridgehead atoms. The van der Waals surface area contributed by atoms with E-state index in [-0.39, 0.29) is 23.5 Å². The first-order valence-corrected chi connectivity index (χ1v) is 13.6. The number of furan rings is 1. The zero-order chi connectivity index (χ0) is 28.4. The Labute approximate surface area is 240 Å². The molecule has 0 aliphatic carbocycles. The third-order valence-electron chi connectivity index (χ3n) is 6.89. The molecule has 6 heteroatoms. The van der Waals surface area contributed by atoms with E-state index in [1.54, 1.807) is 19.2 Å². The van der Waals surface area contributed by atoms with Crippen LogP contribution in [0.2, 0.25) is 0 Å². The Bertz CT molecular complexity index is 1550. The molecule has 5 nitrogen and oxygen atoms in total. The number of methoxy groups -OCH3 is 1. The first-order chi connectivity index (χ1) is 20.1. The minimum absolute atomic E-state index is 0.211. The van der Waals surface area contributed by atoms with Gasteiger partial charge in [0.1, 0.15) is 17.3 Å². The number of carbonyl (C=O) groups is 1. The SMILES string of the molecule is COc1cccc(CN(Cc2cccc(F)c2)Cc2ccc(C(=O)NC(Cc3ccccc3)c3ccccc3)o2)c1. The van der Waals surface area contributed by atoms with Gasteiger partial charge in [0.25, 0.3) is 5.91 Å². The zero-order valence-electron chi connectivity index (χ0n) is 23.0. The molecule has 1 heterocycles. The van der Waals surface area contributed by atoms with Crippen LogP contribution in [0.3, 0.4) is 0 Å². The highest BCUT2D eigenvalue weighted by Gasteiger charge is 2.20. The maximum atomic E-state index is 13.9. The van der Waals surface area contributed by atoms with Gasteiger partial charge >= 0.3 is 0 Å². The van der Waals surface area contributed by atoms with Gasteiger partial charge in [-0.2, -0.15) is 0 Å². The van der Waals surface area contributed by atoms with Gasteiger partial charge < -0.3 is 14.5 Å². The second kappa shape index (κ2) is 13.6. The molecule has 4 aromatic carbocycles. The molecule has 0 saturated heterocycles. The van der Waals surface area contributed by atoms with Crippen molar-refractivity contribution in [1.82, 2.24) is 10.2 Å². The lowest BCUT2D eigenvalue weighted by atomic mass is 9.99. The van der Waals surface area contributed by atoms with Gasteiger partial charge in [-0.3, -0.25) is 9.69 Å². The highest BCUT2D eigenvalue weighted by atomic mass is 19.1. The minimum atomic E-state index is -0.274. The summed E-state index contributed by atoms with van der Waals surface area (Å²) in [5.74, 6) is 1.12. The van der Waals surface area contributed by atoms with Crippen molar-refractivity contribution in [2.45, 2.75) is 32.1 Å². The Morgan fingerprint density at radius 1 is 0.780 bits per heavy atom. The van der Waals surface area contributed by atoms with Crippen LogP contribution in [0.15, 0.2) is 126 Å². The van der Waals surface area contributed by atoms with Gasteiger partial charge in [-0.25, -0.2) is 4.39 Å². The molecule has 1 unspecified atom stereocenters. The fourth-order valence-corrected chi connectivity index (χ4v) is 4.91. The lowest BCUT2D eigenvalue weighted by molar-refractivity contribution is 0.0903. The summed E-state index contributed by atoms with van der Waals surface area (Å²) in [7, 11) is 1.64. The van der Waals surface area contributed by atoms with Gasteiger partial charge in [0.05, 0.1) is 19.7 Å². The number of benzene rings is 4. The largest absolute Gasteiger partial charge is 0.497 e. The molecule has 1 N–H and O–H groups in total. The molecule has 0 fully saturated rings. The third kappa shape index (κ3) is 7.93. The Morgan fingerprint density at radius 3 is 2.15 bits per heavy atom. The van der Waals surface area contributed by atoms with Crippen molar-refractivity contribution in [2.24, 2.45) is 0 Å². The topological polar surface area (TPSA) is 54.7 Å². The standard InChI is InChI=1S/C35H33FN2O3/c1-40-31-17-9-13-28(21-31)24-38(23-27-12-8-16-30(36)20-27)25-32-18-19-34(41-32)35(39)37-33(29-14-6-3-7-15-29)22-26-10-4-2-5-11-26/h2-21,33H,22-25H2,1H3,(H,37,39). The van der Waals surface area contributed by atoms with E-state index >= 15 is 0 Å². The molecule has 0 aliphatic heterocycles. The summed E-state index contributed by atoms with van der Waals surface area (Å²) in [6.07, 6.45) is 0.659. The van der Waals surface area contributed by atoms with Crippen molar-refractivity contribution in [1.29, 1.82) is 0 Å². The predicted octanol–water partition coefficient (Wildman–Crippen LogP) is 7.34. The monoisotopic (exact) mass is 548 g/mol. The van der Waals surface area contributed by atoms with Crippen LogP contribution in [0.4, 0.5) is 4.39 Å². The van der Waals surface area contributed by atoms with Gasteiger partial charge in [-0.15, -0.1) is 0 Å². The third-order valence-corrected chi connectivity index (χ3v) is 6.89. The van der Waals surface area contributed by atoms with Crippen LogP contribution in [-0.2, 0) is 26.1 Å². The molecule has 5 aromatic rings. The number of ether oxygens (including phenoxy) is 1. The summed E-state index contributed by atoms with van der Waals surface area (Å²) >= 11 is 0. The van der Waals surface area contributed by atoms with Crippen molar-refractivity contribution >= 4 is 5.91 Å². The van der Waals surface area contributed by atoms with E-state index in [9.17, 15) is 9.18 Å². The lowest BCUT2D eigenvalue weighted by Gasteiger charge is -2.22. The van der Waals surface area contributed by atoms with Gasteiger partial charge in [-0.1, -0.05) is 84.9 Å². The van der Waals surface area contributed by atoms with Crippen molar-refractivity contribution in [3.05, 3.63) is 161 Å². The van der Waals surface area contributed by atoms with Crippen LogP contribution in [0.1, 0.15) is 44.6 Å². The molecular formula is C35H33FN2O3. The average Bonchev–Trinajstić information content (AvgIpc) is 3.46. The van der Waals surface area contributed by atoms with Crippen LogP contribution >= 0.6 is 0 Å². The van der Waals surface area contributed by atoms with Gasteiger partial charge in [0.2, 0.25) is 0 Å². The summed E-state index contributed by atoms with van der Waals surface area (Å²) in [5, 5.41) is 3.16. The van der Waals surface area contributed by atoms with Crippen molar-refractivity contribution in [3.8, 4) is 5.75 Å². The second-order valence-corrected chi connectivity index (χ2v) is 10.0. The summed E-state index contributed by atoms with van der Waals surface area (Å²) in [6.45, 7) is 1.53. The molecule has 0 saturated carbocycles. The Balaban J connectivity index is 1.32. The fraction of sp³-hybridized carbons (Fsp3) is 0.171. The highest BCUT2D eigenvalue weighted by molar-refractivity contribution is 5.91. The summed E-state index contributed by atoms with van der Waals surface area (Å²) in [6, 6.07) is 37.8. The van der Waals surface area contributed by atoms with Crippen LogP contribution in [0.5, 0.6) is 5.75 Å².